The van der Waals surface area contributed by atoms with Crippen molar-refractivity contribution in [3.05, 3.63) is 0 Å². The molecule has 0 aliphatic carbocycles. The second-order valence-electron chi connectivity index (χ2n) is 5.32. The molecule has 1 saturated heterocycles. The summed E-state index contributed by atoms with van der Waals surface area (Å²) >= 11 is 0. The lowest BCUT2D eigenvalue weighted by Gasteiger charge is -2.40. The van der Waals surface area contributed by atoms with Crippen molar-refractivity contribution < 1.29 is 19.4 Å². The molecular formula is C13H24N2O4. The van der Waals surface area contributed by atoms with Crippen LogP contribution in [-0.4, -0.2) is 72.7 Å². The van der Waals surface area contributed by atoms with Crippen molar-refractivity contribution in [1.82, 2.24) is 9.80 Å². The van der Waals surface area contributed by atoms with E-state index in [0.717, 1.165) is 13.1 Å². The zero-order chi connectivity index (χ0) is 14.4. The lowest BCUT2D eigenvalue weighted by atomic mass is 10.0. The number of amides is 1. The molecule has 1 unspecified atom stereocenters. The maximum atomic E-state index is 12.3. The van der Waals surface area contributed by atoms with E-state index in [0.29, 0.717) is 25.6 Å². The summed E-state index contributed by atoms with van der Waals surface area (Å²) < 4.78 is 4.98. The van der Waals surface area contributed by atoms with Crippen LogP contribution in [0.1, 0.15) is 20.3 Å². The van der Waals surface area contributed by atoms with E-state index in [9.17, 15) is 9.59 Å². The van der Waals surface area contributed by atoms with E-state index in [1.54, 1.807) is 12.0 Å². The first-order valence-corrected chi connectivity index (χ1v) is 6.69. The number of rotatable bonds is 7. The van der Waals surface area contributed by atoms with Gasteiger partial charge in [-0.2, -0.15) is 0 Å². The Morgan fingerprint density at radius 3 is 2.68 bits per heavy atom. The average Bonchev–Trinajstić information content (AvgIpc) is 2.32. The molecule has 1 amide bonds. The summed E-state index contributed by atoms with van der Waals surface area (Å²) in [6, 6.07) is -0.537. The third-order valence-electron chi connectivity index (χ3n) is 3.23. The Kier molecular flexibility index (Phi) is 6.24. The third kappa shape index (κ3) is 4.80. The van der Waals surface area contributed by atoms with E-state index >= 15 is 0 Å². The standard InChI is InChI=1S/C13H24N2O4/c1-10(2)9-15-5-4-14(6-7-19-3)13(18)11(15)8-12(16)17/h10-11H,4-9H2,1-3H3,(H,16,17). The van der Waals surface area contributed by atoms with Gasteiger partial charge in [0.15, 0.2) is 0 Å². The highest BCUT2D eigenvalue weighted by atomic mass is 16.5. The first-order chi connectivity index (χ1) is 8.95. The molecule has 19 heavy (non-hydrogen) atoms. The van der Waals surface area contributed by atoms with Crippen LogP contribution >= 0.6 is 0 Å². The SMILES string of the molecule is COCCN1CCN(CC(C)C)C(CC(=O)O)C1=O. The van der Waals surface area contributed by atoms with Gasteiger partial charge >= 0.3 is 5.97 Å². The number of carbonyl (C=O) groups is 2. The molecule has 1 atom stereocenters. The van der Waals surface area contributed by atoms with E-state index in [1.807, 2.05) is 4.90 Å². The number of methoxy groups -OCH3 is 1. The van der Waals surface area contributed by atoms with Crippen LogP contribution in [-0.2, 0) is 14.3 Å². The van der Waals surface area contributed by atoms with Gasteiger partial charge in [-0.15, -0.1) is 0 Å². The molecule has 0 aromatic heterocycles. The maximum Gasteiger partial charge on any atom is 0.305 e. The molecular weight excluding hydrogens is 248 g/mol. The number of hydrogen-bond donors (Lipinski definition) is 1. The number of hydrogen-bond acceptors (Lipinski definition) is 4. The summed E-state index contributed by atoms with van der Waals surface area (Å²) in [7, 11) is 1.59. The number of ether oxygens (including phenoxy) is 1. The summed E-state index contributed by atoms with van der Waals surface area (Å²) in [6.45, 7) is 7.27. The lowest BCUT2D eigenvalue weighted by Crippen LogP contribution is -2.58. The monoisotopic (exact) mass is 272 g/mol. The second-order valence-corrected chi connectivity index (χ2v) is 5.32. The first-order valence-electron chi connectivity index (χ1n) is 6.69. The van der Waals surface area contributed by atoms with Gasteiger partial charge in [-0.3, -0.25) is 14.5 Å². The van der Waals surface area contributed by atoms with E-state index in [-0.39, 0.29) is 12.3 Å². The fraction of sp³-hybridized carbons (Fsp3) is 0.846. The number of carbonyl (C=O) groups excluding carboxylic acids is 1. The summed E-state index contributed by atoms with van der Waals surface area (Å²) in [5.41, 5.74) is 0. The zero-order valence-corrected chi connectivity index (χ0v) is 12.0. The lowest BCUT2D eigenvalue weighted by molar-refractivity contribution is -0.150. The minimum absolute atomic E-state index is 0.0913. The fourth-order valence-corrected chi connectivity index (χ4v) is 2.37. The van der Waals surface area contributed by atoms with Crippen LogP contribution < -0.4 is 0 Å². The molecule has 6 heteroatoms. The van der Waals surface area contributed by atoms with Crippen LogP contribution in [0.15, 0.2) is 0 Å². The van der Waals surface area contributed by atoms with Crippen molar-refractivity contribution in [2.75, 3.05) is 39.9 Å². The Morgan fingerprint density at radius 1 is 1.47 bits per heavy atom. The molecule has 6 nitrogen and oxygen atoms in total. The van der Waals surface area contributed by atoms with Crippen molar-refractivity contribution >= 4 is 11.9 Å². The minimum Gasteiger partial charge on any atom is -0.481 e. The second kappa shape index (κ2) is 7.45. The molecule has 110 valence electrons. The largest absolute Gasteiger partial charge is 0.481 e. The molecule has 0 aromatic rings. The van der Waals surface area contributed by atoms with Gasteiger partial charge in [0, 0.05) is 33.3 Å². The molecule has 0 bridgehead atoms. The molecule has 1 aliphatic heterocycles. The minimum atomic E-state index is -0.930. The normalized spacial score (nSPS) is 21.2. The number of aliphatic carboxylic acids is 1. The van der Waals surface area contributed by atoms with E-state index in [4.69, 9.17) is 9.84 Å². The third-order valence-corrected chi connectivity index (χ3v) is 3.23. The van der Waals surface area contributed by atoms with Crippen LogP contribution in [0.25, 0.3) is 0 Å². The van der Waals surface area contributed by atoms with Crippen molar-refractivity contribution in [2.24, 2.45) is 5.92 Å². The molecule has 1 rings (SSSR count). The molecule has 0 aromatic carbocycles. The highest BCUT2D eigenvalue weighted by molar-refractivity contribution is 5.86. The molecule has 0 saturated carbocycles. The summed E-state index contributed by atoms with van der Waals surface area (Å²) in [6.07, 6.45) is -0.130. The molecule has 0 radical (unpaired) electrons. The molecule has 1 aliphatic rings. The van der Waals surface area contributed by atoms with Crippen molar-refractivity contribution in [1.29, 1.82) is 0 Å². The topological polar surface area (TPSA) is 70.1 Å². The van der Waals surface area contributed by atoms with Crippen LogP contribution in [0.4, 0.5) is 0 Å². The van der Waals surface area contributed by atoms with Gasteiger partial charge in [0.1, 0.15) is 0 Å². The molecule has 0 spiro atoms. The predicted molar refractivity (Wildman–Crippen MR) is 70.9 cm³/mol. The van der Waals surface area contributed by atoms with Crippen molar-refractivity contribution in [3.63, 3.8) is 0 Å². The van der Waals surface area contributed by atoms with Crippen LogP contribution in [0.5, 0.6) is 0 Å². The van der Waals surface area contributed by atoms with E-state index < -0.39 is 12.0 Å². The van der Waals surface area contributed by atoms with Gasteiger partial charge < -0.3 is 14.7 Å². The maximum absolute atomic E-state index is 12.3. The number of carboxylic acids is 1. The van der Waals surface area contributed by atoms with Crippen LogP contribution in [0, 0.1) is 5.92 Å². The number of carboxylic acid groups (broad SMARTS) is 1. The number of nitrogens with zero attached hydrogens (tertiary/aromatic N) is 2. The predicted octanol–water partition coefficient (Wildman–Crippen LogP) is 0.276. The van der Waals surface area contributed by atoms with Crippen molar-refractivity contribution in [3.8, 4) is 0 Å². The van der Waals surface area contributed by atoms with E-state index in [2.05, 4.69) is 13.8 Å². The van der Waals surface area contributed by atoms with Crippen LogP contribution in [0.3, 0.4) is 0 Å². The molecule has 1 fully saturated rings. The zero-order valence-electron chi connectivity index (χ0n) is 12.0. The number of piperazine rings is 1. The summed E-state index contributed by atoms with van der Waals surface area (Å²) in [4.78, 5) is 27.0. The van der Waals surface area contributed by atoms with Gasteiger partial charge in [0.25, 0.3) is 0 Å². The smallest absolute Gasteiger partial charge is 0.305 e. The highest BCUT2D eigenvalue weighted by Crippen LogP contribution is 2.16. The van der Waals surface area contributed by atoms with E-state index in [1.165, 1.54) is 0 Å². The average molecular weight is 272 g/mol. The Bertz CT molecular complexity index is 320. The summed E-state index contributed by atoms with van der Waals surface area (Å²) in [5, 5.41) is 8.98. The van der Waals surface area contributed by atoms with Gasteiger partial charge in [-0.1, -0.05) is 13.8 Å². The van der Waals surface area contributed by atoms with Gasteiger partial charge in [-0.05, 0) is 5.92 Å². The van der Waals surface area contributed by atoms with Crippen molar-refractivity contribution in [2.45, 2.75) is 26.3 Å². The van der Waals surface area contributed by atoms with Gasteiger partial charge in [0.05, 0.1) is 19.1 Å². The first kappa shape index (κ1) is 15.9. The molecule has 1 heterocycles. The molecule has 1 N–H and O–H groups in total. The summed E-state index contributed by atoms with van der Waals surface area (Å²) in [5.74, 6) is -0.610. The Hall–Kier alpha value is -1.14. The fourth-order valence-electron chi connectivity index (χ4n) is 2.37. The Labute approximate surface area is 114 Å². The highest BCUT2D eigenvalue weighted by Gasteiger charge is 2.35. The van der Waals surface area contributed by atoms with Gasteiger partial charge in [-0.25, -0.2) is 0 Å². The Morgan fingerprint density at radius 2 is 2.16 bits per heavy atom. The van der Waals surface area contributed by atoms with Gasteiger partial charge in [0.2, 0.25) is 5.91 Å². The Balaban J connectivity index is 2.71. The quantitative estimate of drug-likeness (QED) is 0.720. The van der Waals surface area contributed by atoms with Crippen LogP contribution in [0.2, 0.25) is 0 Å².